The quantitative estimate of drug-likeness (QED) is 0.518. The Labute approximate surface area is 186 Å². The SMILES string of the molecule is COc1ccc(C(O)CN2CCN(CCCCc3cccc4ccccc34)CC2)cc1. The zero-order chi connectivity index (χ0) is 21.5. The van der Waals surface area contributed by atoms with Gasteiger partial charge >= 0.3 is 0 Å². The first kappa shape index (κ1) is 21.8. The summed E-state index contributed by atoms with van der Waals surface area (Å²) in [6.45, 7) is 6.08. The van der Waals surface area contributed by atoms with Crippen LogP contribution < -0.4 is 4.74 Å². The summed E-state index contributed by atoms with van der Waals surface area (Å²) in [5, 5.41) is 13.3. The zero-order valence-corrected chi connectivity index (χ0v) is 18.5. The van der Waals surface area contributed by atoms with Gasteiger partial charge in [-0.2, -0.15) is 0 Å². The molecule has 164 valence electrons. The van der Waals surface area contributed by atoms with Crippen molar-refractivity contribution in [3.05, 3.63) is 77.9 Å². The number of methoxy groups -OCH3 is 1. The first-order chi connectivity index (χ1) is 15.2. The zero-order valence-electron chi connectivity index (χ0n) is 18.5. The molecule has 0 saturated carbocycles. The third-order valence-corrected chi connectivity index (χ3v) is 6.45. The van der Waals surface area contributed by atoms with Crippen LogP contribution in [-0.4, -0.2) is 61.3 Å². The number of hydrogen-bond donors (Lipinski definition) is 1. The highest BCUT2D eigenvalue weighted by Crippen LogP contribution is 2.21. The van der Waals surface area contributed by atoms with Crippen molar-refractivity contribution in [3.8, 4) is 5.75 Å². The third-order valence-electron chi connectivity index (χ3n) is 6.45. The number of ether oxygens (including phenoxy) is 1. The number of benzene rings is 3. The molecule has 0 radical (unpaired) electrons. The number of piperazine rings is 1. The Kier molecular flexibility index (Phi) is 7.57. The molecule has 1 unspecified atom stereocenters. The predicted molar refractivity (Wildman–Crippen MR) is 128 cm³/mol. The molecule has 3 aromatic rings. The van der Waals surface area contributed by atoms with Gasteiger partial charge in [0, 0.05) is 32.7 Å². The standard InChI is InChI=1S/C27H34N2O2/c1-31-25-14-12-24(13-15-25)27(30)21-29-19-17-28(18-20-29)16-5-4-8-23-10-6-9-22-7-2-3-11-26(22)23/h2-3,6-7,9-15,27,30H,4-5,8,16-21H2,1H3. The van der Waals surface area contributed by atoms with Crippen molar-refractivity contribution in [2.75, 3.05) is 46.4 Å². The Morgan fingerprint density at radius 2 is 1.55 bits per heavy atom. The summed E-state index contributed by atoms with van der Waals surface area (Å²) in [5.41, 5.74) is 2.42. The summed E-state index contributed by atoms with van der Waals surface area (Å²) < 4.78 is 5.20. The van der Waals surface area contributed by atoms with Gasteiger partial charge in [-0.1, -0.05) is 54.6 Å². The minimum Gasteiger partial charge on any atom is -0.497 e. The highest BCUT2D eigenvalue weighted by Gasteiger charge is 2.19. The number of aliphatic hydroxyl groups excluding tert-OH is 1. The molecule has 0 aromatic heterocycles. The van der Waals surface area contributed by atoms with Crippen molar-refractivity contribution < 1.29 is 9.84 Å². The van der Waals surface area contributed by atoms with E-state index in [1.165, 1.54) is 35.7 Å². The monoisotopic (exact) mass is 418 g/mol. The number of β-amino-alcohol motifs (C(OH)–C–C–N with tert-alkyl or cyclic N) is 1. The Hall–Kier alpha value is -2.40. The third kappa shape index (κ3) is 5.85. The molecule has 4 nitrogen and oxygen atoms in total. The molecular formula is C27H34N2O2. The highest BCUT2D eigenvalue weighted by molar-refractivity contribution is 5.85. The van der Waals surface area contributed by atoms with Crippen LogP contribution in [0.25, 0.3) is 10.8 Å². The van der Waals surface area contributed by atoms with Gasteiger partial charge in [0.1, 0.15) is 5.75 Å². The first-order valence-corrected chi connectivity index (χ1v) is 11.5. The average Bonchev–Trinajstić information content (AvgIpc) is 2.83. The summed E-state index contributed by atoms with van der Waals surface area (Å²) in [6.07, 6.45) is 3.16. The van der Waals surface area contributed by atoms with Crippen molar-refractivity contribution in [1.82, 2.24) is 9.80 Å². The highest BCUT2D eigenvalue weighted by atomic mass is 16.5. The molecular weight excluding hydrogens is 384 g/mol. The maximum atomic E-state index is 10.6. The molecule has 1 aliphatic rings. The van der Waals surface area contributed by atoms with Crippen molar-refractivity contribution in [2.45, 2.75) is 25.4 Å². The molecule has 3 aromatic carbocycles. The fourth-order valence-electron chi connectivity index (χ4n) is 4.53. The summed E-state index contributed by atoms with van der Waals surface area (Å²) in [4.78, 5) is 4.95. The molecule has 31 heavy (non-hydrogen) atoms. The molecule has 1 N–H and O–H groups in total. The average molecular weight is 419 g/mol. The lowest BCUT2D eigenvalue weighted by atomic mass is 10.00. The smallest absolute Gasteiger partial charge is 0.118 e. The molecule has 0 spiro atoms. The second-order valence-corrected chi connectivity index (χ2v) is 8.53. The van der Waals surface area contributed by atoms with E-state index in [0.29, 0.717) is 6.54 Å². The van der Waals surface area contributed by atoms with Gasteiger partial charge in [-0.15, -0.1) is 0 Å². The van der Waals surface area contributed by atoms with Crippen LogP contribution in [0.3, 0.4) is 0 Å². The molecule has 1 saturated heterocycles. The number of aliphatic hydroxyl groups is 1. The van der Waals surface area contributed by atoms with Gasteiger partial charge in [0.25, 0.3) is 0 Å². The second-order valence-electron chi connectivity index (χ2n) is 8.53. The maximum absolute atomic E-state index is 10.6. The molecule has 1 heterocycles. The maximum Gasteiger partial charge on any atom is 0.118 e. The summed E-state index contributed by atoms with van der Waals surface area (Å²) in [6, 6.07) is 23.1. The van der Waals surface area contributed by atoms with E-state index < -0.39 is 6.10 Å². The lowest BCUT2D eigenvalue weighted by Gasteiger charge is -2.35. The second kappa shape index (κ2) is 10.8. The van der Waals surface area contributed by atoms with E-state index in [1.807, 2.05) is 24.3 Å². The van der Waals surface area contributed by atoms with Gasteiger partial charge in [0.05, 0.1) is 13.2 Å². The van der Waals surface area contributed by atoms with Crippen LogP contribution in [0.2, 0.25) is 0 Å². The number of nitrogens with zero attached hydrogens (tertiary/aromatic N) is 2. The molecule has 4 heteroatoms. The largest absolute Gasteiger partial charge is 0.497 e. The normalized spacial score (nSPS) is 16.5. The van der Waals surface area contributed by atoms with Crippen LogP contribution in [-0.2, 0) is 6.42 Å². The van der Waals surface area contributed by atoms with Crippen LogP contribution in [0.5, 0.6) is 5.75 Å². The predicted octanol–water partition coefficient (Wildman–Crippen LogP) is 4.52. The van der Waals surface area contributed by atoms with Gasteiger partial charge in [-0.25, -0.2) is 0 Å². The van der Waals surface area contributed by atoms with E-state index >= 15 is 0 Å². The van der Waals surface area contributed by atoms with E-state index in [9.17, 15) is 5.11 Å². The molecule has 1 fully saturated rings. The van der Waals surface area contributed by atoms with Crippen LogP contribution in [0.15, 0.2) is 66.7 Å². The Balaban J connectivity index is 1.16. The van der Waals surface area contributed by atoms with Crippen molar-refractivity contribution in [2.24, 2.45) is 0 Å². The van der Waals surface area contributed by atoms with E-state index in [-0.39, 0.29) is 0 Å². The van der Waals surface area contributed by atoms with E-state index in [1.54, 1.807) is 7.11 Å². The van der Waals surface area contributed by atoms with Gasteiger partial charge in [-0.05, 0) is 59.8 Å². The molecule has 4 rings (SSSR count). The van der Waals surface area contributed by atoms with Crippen molar-refractivity contribution in [1.29, 1.82) is 0 Å². The van der Waals surface area contributed by atoms with E-state index in [0.717, 1.165) is 43.9 Å². The van der Waals surface area contributed by atoms with Gasteiger partial charge < -0.3 is 14.7 Å². The Morgan fingerprint density at radius 1 is 0.839 bits per heavy atom. The molecule has 1 atom stereocenters. The molecule has 0 bridgehead atoms. The number of aryl methyl sites for hydroxylation is 1. The van der Waals surface area contributed by atoms with E-state index in [2.05, 4.69) is 52.3 Å². The van der Waals surface area contributed by atoms with Gasteiger partial charge in [-0.3, -0.25) is 4.90 Å². The molecule has 0 aliphatic carbocycles. The van der Waals surface area contributed by atoms with Crippen LogP contribution >= 0.6 is 0 Å². The van der Waals surface area contributed by atoms with Crippen molar-refractivity contribution >= 4 is 10.8 Å². The molecule has 1 aliphatic heterocycles. The molecule has 0 amide bonds. The minimum atomic E-state index is -0.446. The lowest BCUT2D eigenvalue weighted by Crippen LogP contribution is -2.47. The fourth-order valence-corrected chi connectivity index (χ4v) is 4.53. The van der Waals surface area contributed by atoms with Crippen LogP contribution in [0.1, 0.15) is 30.1 Å². The summed E-state index contributed by atoms with van der Waals surface area (Å²) in [5.74, 6) is 0.824. The van der Waals surface area contributed by atoms with Crippen LogP contribution in [0.4, 0.5) is 0 Å². The number of rotatable bonds is 9. The van der Waals surface area contributed by atoms with E-state index in [4.69, 9.17) is 4.74 Å². The first-order valence-electron chi connectivity index (χ1n) is 11.5. The minimum absolute atomic E-state index is 0.446. The van der Waals surface area contributed by atoms with Gasteiger partial charge in [0.15, 0.2) is 0 Å². The summed E-state index contributed by atoms with van der Waals surface area (Å²) in [7, 11) is 1.66. The summed E-state index contributed by atoms with van der Waals surface area (Å²) >= 11 is 0. The Morgan fingerprint density at radius 3 is 2.32 bits per heavy atom. The lowest BCUT2D eigenvalue weighted by molar-refractivity contribution is 0.0720. The van der Waals surface area contributed by atoms with Crippen molar-refractivity contribution in [3.63, 3.8) is 0 Å². The number of unbranched alkanes of at least 4 members (excludes halogenated alkanes) is 1. The Bertz CT molecular complexity index is 944. The number of fused-ring (bicyclic) bond motifs is 1. The van der Waals surface area contributed by atoms with Gasteiger partial charge in [0.2, 0.25) is 0 Å². The fraction of sp³-hybridized carbons (Fsp3) is 0.407. The number of hydrogen-bond acceptors (Lipinski definition) is 4. The van der Waals surface area contributed by atoms with Crippen LogP contribution in [0, 0.1) is 0 Å². The topological polar surface area (TPSA) is 35.9 Å².